The van der Waals surface area contributed by atoms with Crippen LogP contribution in [0.1, 0.15) is 26.5 Å². The summed E-state index contributed by atoms with van der Waals surface area (Å²) in [5.74, 6) is -0.183. The predicted molar refractivity (Wildman–Crippen MR) is 118 cm³/mol. The molecule has 0 aliphatic rings. The topological polar surface area (TPSA) is 63.1 Å². The largest absolute Gasteiger partial charge is 0.505 e. The molecule has 7 heteroatoms. The van der Waals surface area contributed by atoms with Crippen molar-refractivity contribution in [1.29, 1.82) is 0 Å². The SMILES string of the molecule is CC(C)(C)C(=O)C(=C(O)c1ncnc2ccccc12)C(I)(I)I. The van der Waals surface area contributed by atoms with Crippen molar-refractivity contribution in [1.82, 2.24) is 9.97 Å². The van der Waals surface area contributed by atoms with Crippen LogP contribution in [0.3, 0.4) is 0 Å². The van der Waals surface area contributed by atoms with Gasteiger partial charge >= 0.3 is 0 Å². The first kappa shape index (κ1) is 19.3. The third-order valence-corrected chi connectivity index (χ3v) is 4.81. The van der Waals surface area contributed by atoms with Crippen LogP contribution in [0.2, 0.25) is 0 Å². The maximum Gasteiger partial charge on any atom is 0.170 e. The third kappa shape index (κ3) is 4.33. The first-order chi connectivity index (χ1) is 10.5. The summed E-state index contributed by atoms with van der Waals surface area (Å²) >= 11 is 6.45. The van der Waals surface area contributed by atoms with Crippen LogP contribution in [0.4, 0.5) is 0 Å². The minimum absolute atomic E-state index is 0.0817. The van der Waals surface area contributed by atoms with Crippen LogP contribution >= 0.6 is 67.8 Å². The number of hydrogen-bond donors (Lipinski definition) is 1. The number of aromatic nitrogens is 2. The van der Waals surface area contributed by atoms with Gasteiger partial charge < -0.3 is 5.11 Å². The molecule has 0 amide bonds. The molecule has 4 nitrogen and oxygen atoms in total. The number of aliphatic hydroxyl groups is 1. The minimum Gasteiger partial charge on any atom is -0.505 e. The number of carbonyl (C=O) groups is 1. The van der Waals surface area contributed by atoms with E-state index >= 15 is 0 Å². The molecule has 0 aliphatic heterocycles. The molecule has 0 unspecified atom stereocenters. The number of ketones is 1. The number of nitrogens with zero attached hydrogens (tertiary/aromatic N) is 2. The first-order valence-electron chi connectivity index (χ1n) is 6.79. The molecular weight excluding hydrogens is 633 g/mol. The molecule has 0 aliphatic carbocycles. The van der Waals surface area contributed by atoms with Gasteiger partial charge in [0.2, 0.25) is 0 Å². The Balaban J connectivity index is 2.79. The van der Waals surface area contributed by atoms with Gasteiger partial charge in [-0.05, 0) is 73.8 Å². The van der Waals surface area contributed by atoms with E-state index in [-0.39, 0.29) is 11.5 Å². The van der Waals surface area contributed by atoms with E-state index in [0.717, 1.165) is 10.9 Å². The second-order valence-electron chi connectivity index (χ2n) is 6.04. The number of alkyl halides is 3. The van der Waals surface area contributed by atoms with E-state index in [4.69, 9.17) is 0 Å². The van der Waals surface area contributed by atoms with Crippen LogP contribution < -0.4 is 0 Å². The summed E-state index contributed by atoms with van der Waals surface area (Å²) in [6.07, 6.45) is 1.41. The smallest absolute Gasteiger partial charge is 0.170 e. The summed E-state index contributed by atoms with van der Waals surface area (Å²) in [7, 11) is 0. The fourth-order valence-electron chi connectivity index (χ4n) is 2.06. The maximum atomic E-state index is 12.9. The first-order valence-corrected chi connectivity index (χ1v) is 10.0. The molecular formula is C16H15I3N2O2. The maximum absolute atomic E-state index is 12.9. The Labute approximate surface area is 176 Å². The Bertz CT molecular complexity index is 784. The highest BCUT2D eigenvalue weighted by Gasteiger charge is 2.39. The highest BCUT2D eigenvalue weighted by molar-refractivity contribution is 14.3. The van der Waals surface area contributed by atoms with Crippen molar-refractivity contribution in [3.8, 4) is 0 Å². The van der Waals surface area contributed by atoms with E-state index in [2.05, 4.69) is 77.7 Å². The Morgan fingerprint density at radius 3 is 2.26 bits per heavy atom. The van der Waals surface area contributed by atoms with Crippen LogP contribution in [-0.2, 0) is 4.79 Å². The summed E-state index contributed by atoms with van der Waals surface area (Å²) in [5, 5.41) is 11.6. The number of fused-ring (bicyclic) bond motifs is 1. The van der Waals surface area contributed by atoms with E-state index in [0.29, 0.717) is 11.3 Å². The van der Waals surface area contributed by atoms with Crippen LogP contribution in [0.15, 0.2) is 36.2 Å². The van der Waals surface area contributed by atoms with Crippen LogP contribution in [-0.4, -0.2) is 20.3 Å². The zero-order valence-corrected chi connectivity index (χ0v) is 19.2. The van der Waals surface area contributed by atoms with Gasteiger partial charge in [0.05, 0.1) is 11.1 Å². The molecule has 0 atom stereocenters. The number of hydrogen-bond acceptors (Lipinski definition) is 4. The number of aliphatic hydroxyl groups excluding tert-OH is 1. The van der Waals surface area contributed by atoms with Gasteiger partial charge in [-0.1, -0.05) is 39.0 Å². The molecule has 0 saturated heterocycles. The lowest BCUT2D eigenvalue weighted by Gasteiger charge is -2.25. The second-order valence-corrected chi connectivity index (χ2v) is 17.1. The Hall–Kier alpha value is -0.0400. The molecule has 1 heterocycles. The average molecular weight is 648 g/mol. The van der Waals surface area contributed by atoms with Gasteiger partial charge in [0, 0.05) is 10.8 Å². The minimum atomic E-state index is -0.598. The summed E-state index contributed by atoms with van der Waals surface area (Å²) in [6.45, 7) is 5.53. The average Bonchev–Trinajstić information content (AvgIpc) is 2.44. The fourth-order valence-corrected chi connectivity index (χ4v) is 3.56. The van der Waals surface area contributed by atoms with Crippen molar-refractivity contribution in [2.75, 3.05) is 0 Å². The lowest BCUT2D eigenvalue weighted by Crippen LogP contribution is -2.29. The highest BCUT2D eigenvalue weighted by atomic mass is 127. The number of carbonyl (C=O) groups excluding carboxylic acids is 1. The highest BCUT2D eigenvalue weighted by Crippen LogP contribution is 2.47. The monoisotopic (exact) mass is 648 g/mol. The summed E-state index contributed by atoms with van der Waals surface area (Å²) in [5.41, 5.74) is 0.875. The van der Waals surface area contributed by atoms with Crippen molar-refractivity contribution < 1.29 is 9.90 Å². The molecule has 0 bridgehead atoms. The number of rotatable bonds is 3. The van der Waals surface area contributed by atoms with Gasteiger partial charge in [-0.15, -0.1) is 0 Å². The van der Waals surface area contributed by atoms with Crippen LogP contribution in [0.25, 0.3) is 16.7 Å². The Morgan fingerprint density at radius 2 is 1.70 bits per heavy atom. The molecule has 2 rings (SSSR count). The van der Waals surface area contributed by atoms with Crippen molar-refractivity contribution in [3.05, 3.63) is 41.9 Å². The van der Waals surface area contributed by atoms with E-state index in [1.165, 1.54) is 6.33 Å². The molecule has 2 aromatic rings. The van der Waals surface area contributed by atoms with Gasteiger partial charge in [-0.3, -0.25) is 4.79 Å². The number of allylic oxidation sites excluding steroid dienone is 1. The van der Waals surface area contributed by atoms with E-state index in [1.54, 1.807) is 0 Å². The predicted octanol–water partition coefficient (Wildman–Crippen LogP) is 5.47. The Morgan fingerprint density at radius 1 is 1.09 bits per heavy atom. The Kier molecular flexibility index (Phi) is 5.92. The number of para-hydroxylation sites is 1. The van der Waals surface area contributed by atoms with E-state index in [9.17, 15) is 9.90 Å². The molecule has 0 radical (unpaired) electrons. The molecule has 1 aromatic carbocycles. The van der Waals surface area contributed by atoms with Gasteiger partial charge in [0.1, 0.15) is 12.0 Å². The van der Waals surface area contributed by atoms with Crippen molar-refractivity contribution in [2.24, 2.45) is 5.41 Å². The molecule has 1 aromatic heterocycles. The van der Waals surface area contributed by atoms with Crippen molar-refractivity contribution in [3.63, 3.8) is 0 Å². The van der Waals surface area contributed by atoms with Gasteiger partial charge in [0.25, 0.3) is 0 Å². The lowest BCUT2D eigenvalue weighted by molar-refractivity contribution is -0.122. The van der Waals surface area contributed by atoms with Gasteiger partial charge in [-0.2, -0.15) is 0 Å². The molecule has 122 valence electrons. The number of benzene rings is 1. The molecule has 0 spiro atoms. The summed E-state index contributed by atoms with van der Waals surface area (Å²) in [4.78, 5) is 21.3. The summed E-state index contributed by atoms with van der Waals surface area (Å²) in [6, 6.07) is 7.43. The zero-order chi connectivity index (χ0) is 17.4. The van der Waals surface area contributed by atoms with Gasteiger partial charge in [-0.25, -0.2) is 9.97 Å². The quantitative estimate of drug-likeness (QED) is 0.208. The standard InChI is InChI=1S/C16H15I3N2O2/c1-15(2,3)14(23)11(16(17,18)19)13(22)12-9-6-4-5-7-10(9)20-8-21-12/h4-8,22H,1-3H3. The summed E-state index contributed by atoms with van der Waals surface area (Å²) < 4.78 is -0.590. The number of halogens is 3. The molecule has 0 saturated carbocycles. The number of Topliss-reactive ketones (excluding diaryl/α,β-unsaturated/α-hetero) is 1. The van der Waals surface area contributed by atoms with Crippen LogP contribution in [0.5, 0.6) is 0 Å². The van der Waals surface area contributed by atoms with Gasteiger partial charge in [0.15, 0.2) is 11.0 Å². The second kappa shape index (κ2) is 7.06. The zero-order valence-electron chi connectivity index (χ0n) is 12.8. The molecule has 23 heavy (non-hydrogen) atoms. The third-order valence-electron chi connectivity index (χ3n) is 3.20. The van der Waals surface area contributed by atoms with E-state index < -0.39 is 4.85 Å². The molecule has 1 N–H and O–H groups in total. The van der Waals surface area contributed by atoms with Crippen LogP contribution in [0, 0.1) is 5.41 Å². The van der Waals surface area contributed by atoms with E-state index in [1.807, 2.05) is 45.0 Å². The van der Waals surface area contributed by atoms with Crippen molar-refractivity contribution >= 4 is 90.2 Å². The van der Waals surface area contributed by atoms with Crippen molar-refractivity contribution in [2.45, 2.75) is 20.2 Å². The lowest BCUT2D eigenvalue weighted by atomic mass is 9.86. The fraction of sp³-hybridized carbons (Fsp3) is 0.312. The molecule has 0 fully saturated rings. The normalized spacial score (nSPS) is 13.8.